The second kappa shape index (κ2) is 9.32. The molecule has 6 nitrogen and oxygen atoms in total. The van der Waals surface area contributed by atoms with Gasteiger partial charge in [-0.15, -0.1) is 0 Å². The third kappa shape index (κ3) is 4.86. The number of aryl methyl sites for hydroxylation is 1. The lowest BCUT2D eigenvalue weighted by Gasteiger charge is -2.31. The third-order valence-electron chi connectivity index (χ3n) is 5.03. The van der Waals surface area contributed by atoms with E-state index < -0.39 is 15.9 Å². The molecule has 10 heteroatoms. The summed E-state index contributed by atoms with van der Waals surface area (Å²) in [5.74, 6) is -0.220. The van der Waals surface area contributed by atoms with Crippen LogP contribution in [0, 0.1) is 12.8 Å². The lowest BCUT2D eigenvalue weighted by Crippen LogP contribution is -2.43. The van der Waals surface area contributed by atoms with Gasteiger partial charge in [-0.25, -0.2) is 8.42 Å². The second-order valence-electron chi connectivity index (χ2n) is 7.07. The van der Waals surface area contributed by atoms with Crippen molar-refractivity contribution in [3.8, 4) is 5.75 Å². The molecule has 0 radical (unpaired) electrons. The SMILES string of the molecule is COc1ccc(S(=O)(=O)N2CCC[C@H](C(=O)Nc3cc(Cl)c(Cl)cc3Cl)C2)cc1C. The number of hydrogen-bond donors (Lipinski definition) is 1. The molecule has 2 aromatic rings. The Labute approximate surface area is 191 Å². The number of rotatable bonds is 5. The summed E-state index contributed by atoms with van der Waals surface area (Å²) >= 11 is 18.1. The molecule has 0 unspecified atom stereocenters. The predicted octanol–water partition coefficient (Wildman–Crippen LogP) is 5.00. The van der Waals surface area contributed by atoms with Gasteiger partial charge in [0, 0.05) is 13.1 Å². The molecule has 0 saturated carbocycles. The Morgan fingerprint density at radius 2 is 1.83 bits per heavy atom. The molecule has 1 atom stereocenters. The van der Waals surface area contributed by atoms with Gasteiger partial charge in [-0.2, -0.15) is 4.31 Å². The van der Waals surface area contributed by atoms with Gasteiger partial charge in [-0.05, 0) is 55.7 Å². The first-order chi connectivity index (χ1) is 14.1. The van der Waals surface area contributed by atoms with Crippen LogP contribution >= 0.6 is 34.8 Å². The van der Waals surface area contributed by atoms with E-state index in [0.29, 0.717) is 30.8 Å². The molecule has 0 bridgehead atoms. The summed E-state index contributed by atoms with van der Waals surface area (Å²) in [6.07, 6.45) is 1.14. The van der Waals surface area contributed by atoms with Crippen molar-refractivity contribution in [2.45, 2.75) is 24.7 Å². The van der Waals surface area contributed by atoms with Crippen molar-refractivity contribution >= 4 is 56.4 Å². The number of anilines is 1. The molecule has 1 amide bonds. The first-order valence-corrected chi connectivity index (χ1v) is 11.8. The number of nitrogens with one attached hydrogen (secondary N) is 1. The number of carbonyl (C=O) groups is 1. The Kier molecular flexibility index (Phi) is 7.20. The number of hydrogen-bond acceptors (Lipinski definition) is 4. The topological polar surface area (TPSA) is 75.7 Å². The molecule has 0 aliphatic carbocycles. The molecular weight excluding hydrogens is 471 g/mol. The molecule has 0 spiro atoms. The van der Waals surface area contributed by atoms with Crippen LogP contribution in [0.4, 0.5) is 5.69 Å². The van der Waals surface area contributed by atoms with Crippen LogP contribution in [0.15, 0.2) is 35.2 Å². The van der Waals surface area contributed by atoms with Crippen molar-refractivity contribution in [3.63, 3.8) is 0 Å². The number of amides is 1. The third-order valence-corrected chi connectivity index (χ3v) is 7.92. The number of benzene rings is 2. The van der Waals surface area contributed by atoms with Gasteiger partial charge >= 0.3 is 0 Å². The monoisotopic (exact) mass is 490 g/mol. The minimum atomic E-state index is -3.74. The molecule has 0 aromatic heterocycles. The molecule has 1 aliphatic heterocycles. The van der Waals surface area contributed by atoms with E-state index in [1.807, 2.05) is 0 Å². The normalized spacial score (nSPS) is 17.6. The van der Waals surface area contributed by atoms with Gasteiger partial charge in [0.15, 0.2) is 0 Å². The van der Waals surface area contributed by atoms with E-state index in [1.54, 1.807) is 19.1 Å². The van der Waals surface area contributed by atoms with E-state index in [2.05, 4.69) is 5.32 Å². The highest BCUT2D eigenvalue weighted by molar-refractivity contribution is 7.89. The van der Waals surface area contributed by atoms with E-state index in [0.717, 1.165) is 5.56 Å². The van der Waals surface area contributed by atoms with Crippen molar-refractivity contribution in [1.29, 1.82) is 0 Å². The number of methoxy groups -OCH3 is 1. The fourth-order valence-electron chi connectivity index (χ4n) is 3.39. The summed E-state index contributed by atoms with van der Waals surface area (Å²) < 4.78 is 32.7. The average molecular weight is 492 g/mol. The molecule has 1 N–H and O–H groups in total. The summed E-state index contributed by atoms with van der Waals surface area (Å²) in [4.78, 5) is 13.0. The van der Waals surface area contributed by atoms with Gasteiger partial charge in [-0.3, -0.25) is 4.79 Å². The van der Waals surface area contributed by atoms with Crippen LogP contribution in [-0.2, 0) is 14.8 Å². The number of piperidine rings is 1. The summed E-state index contributed by atoms with van der Waals surface area (Å²) in [7, 11) is -2.20. The zero-order valence-electron chi connectivity index (χ0n) is 16.4. The molecular formula is C20H21Cl3N2O4S. The predicted molar refractivity (Wildman–Crippen MR) is 119 cm³/mol. The van der Waals surface area contributed by atoms with Gasteiger partial charge < -0.3 is 10.1 Å². The second-order valence-corrected chi connectivity index (χ2v) is 10.2. The first kappa shape index (κ1) is 23.2. The van der Waals surface area contributed by atoms with Crippen molar-refractivity contribution in [2.75, 3.05) is 25.5 Å². The van der Waals surface area contributed by atoms with E-state index in [4.69, 9.17) is 39.5 Å². The van der Waals surface area contributed by atoms with Crippen molar-refractivity contribution in [2.24, 2.45) is 5.92 Å². The molecule has 30 heavy (non-hydrogen) atoms. The van der Waals surface area contributed by atoms with Crippen LogP contribution in [0.2, 0.25) is 15.1 Å². The standard InChI is InChI=1S/C20H21Cl3N2O4S/c1-12-8-14(5-6-19(12)29-2)30(27,28)25-7-3-4-13(11-25)20(26)24-18-10-16(22)15(21)9-17(18)23/h5-6,8-10,13H,3-4,7,11H2,1-2H3,(H,24,26)/t13-/m0/s1. The quantitative estimate of drug-likeness (QED) is 0.597. The maximum Gasteiger partial charge on any atom is 0.243 e. The van der Waals surface area contributed by atoms with Gasteiger partial charge in [0.2, 0.25) is 15.9 Å². The van der Waals surface area contributed by atoms with Gasteiger partial charge in [-0.1, -0.05) is 34.8 Å². The van der Waals surface area contributed by atoms with Gasteiger partial charge in [0.05, 0.1) is 38.7 Å². The van der Waals surface area contributed by atoms with E-state index >= 15 is 0 Å². The number of carbonyl (C=O) groups excluding carboxylic acids is 1. The first-order valence-electron chi connectivity index (χ1n) is 9.23. The number of nitrogens with zero attached hydrogens (tertiary/aromatic N) is 1. The molecule has 1 heterocycles. The smallest absolute Gasteiger partial charge is 0.243 e. The van der Waals surface area contributed by atoms with E-state index in [9.17, 15) is 13.2 Å². The Bertz CT molecular complexity index is 1080. The number of ether oxygens (including phenoxy) is 1. The highest BCUT2D eigenvalue weighted by Crippen LogP contribution is 2.33. The highest BCUT2D eigenvalue weighted by Gasteiger charge is 2.33. The number of halogens is 3. The minimum Gasteiger partial charge on any atom is -0.496 e. The highest BCUT2D eigenvalue weighted by atomic mass is 35.5. The van der Waals surface area contributed by atoms with Crippen LogP contribution in [-0.4, -0.2) is 38.8 Å². The largest absolute Gasteiger partial charge is 0.496 e. The van der Waals surface area contributed by atoms with Crippen LogP contribution in [0.5, 0.6) is 5.75 Å². The van der Waals surface area contributed by atoms with Crippen LogP contribution in [0.25, 0.3) is 0 Å². The van der Waals surface area contributed by atoms with Crippen molar-refractivity contribution in [1.82, 2.24) is 4.31 Å². The fourth-order valence-corrected chi connectivity index (χ4v) is 5.59. The Balaban J connectivity index is 1.77. The lowest BCUT2D eigenvalue weighted by molar-refractivity contribution is -0.120. The Morgan fingerprint density at radius 3 is 2.50 bits per heavy atom. The average Bonchev–Trinajstić information content (AvgIpc) is 2.72. The lowest BCUT2D eigenvalue weighted by atomic mass is 9.98. The van der Waals surface area contributed by atoms with Gasteiger partial charge in [0.1, 0.15) is 5.75 Å². The maximum absolute atomic E-state index is 13.1. The van der Waals surface area contributed by atoms with Crippen molar-refractivity contribution < 1.29 is 17.9 Å². The zero-order valence-corrected chi connectivity index (χ0v) is 19.5. The molecule has 3 rings (SSSR count). The molecule has 1 saturated heterocycles. The van der Waals surface area contributed by atoms with E-state index in [1.165, 1.54) is 29.6 Å². The Morgan fingerprint density at radius 1 is 1.13 bits per heavy atom. The summed E-state index contributed by atoms with van der Waals surface area (Å²) in [5, 5.41) is 3.53. The maximum atomic E-state index is 13.1. The molecule has 1 fully saturated rings. The zero-order chi connectivity index (χ0) is 22.1. The summed E-state index contributed by atoms with van der Waals surface area (Å²) in [5.41, 5.74) is 1.06. The number of sulfonamides is 1. The van der Waals surface area contributed by atoms with Crippen molar-refractivity contribution in [3.05, 3.63) is 51.0 Å². The van der Waals surface area contributed by atoms with E-state index in [-0.39, 0.29) is 32.4 Å². The molecule has 2 aromatic carbocycles. The Hall–Kier alpha value is -1.51. The molecule has 1 aliphatic rings. The van der Waals surface area contributed by atoms with Crippen LogP contribution < -0.4 is 10.1 Å². The summed E-state index contributed by atoms with van der Waals surface area (Å²) in [6, 6.07) is 7.64. The minimum absolute atomic E-state index is 0.0815. The summed E-state index contributed by atoms with van der Waals surface area (Å²) in [6.45, 7) is 2.22. The fraction of sp³-hybridized carbons (Fsp3) is 0.350. The molecule has 162 valence electrons. The van der Waals surface area contributed by atoms with Gasteiger partial charge in [0.25, 0.3) is 0 Å². The van der Waals surface area contributed by atoms with Crippen LogP contribution in [0.1, 0.15) is 18.4 Å². The van der Waals surface area contributed by atoms with Crippen LogP contribution in [0.3, 0.4) is 0 Å².